The highest BCUT2D eigenvalue weighted by molar-refractivity contribution is 5.76. The Hall–Kier alpha value is -2.44. The van der Waals surface area contributed by atoms with Gasteiger partial charge in [0.1, 0.15) is 6.54 Å². The third-order valence-corrected chi connectivity index (χ3v) is 4.12. The Labute approximate surface area is 135 Å². The molecule has 23 heavy (non-hydrogen) atoms. The average Bonchev–Trinajstić information content (AvgIpc) is 2.76. The lowest BCUT2D eigenvalue weighted by atomic mass is 10.3. The lowest BCUT2D eigenvalue weighted by Gasteiger charge is -2.22. The van der Waals surface area contributed by atoms with E-state index in [-0.39, 0.29) is 5.91 Å². The van der Waals surface area contributed by atoms with Crippen LogP contribution >= 0.6 is 0 Å². The standard InChI is InChI=1S/C16H22N6O/c1-13-11-14(2)22(19-13)12-16(23)21-8-4-7-20(9-10-21)15-5-3-6-17-18-15/h3,5-6,11H,4,7-10,12H2,1-2H3. The third kappa shape index (κ3) is 3.67. The van der Waals surface area contributed by atoms with Crippen LogP contribution in [-0.4, -0.2) is 57.0 Å². The van der Waals surface area contributed by atoms with Gasteiger partial charge in [-0.25, -0.2) is 0 Å². The first-order chi connectivity index (χ1) is 11.1. The fourth-order valence-corrected chi connectivity index (χ4v) is 2.92. The number of aromatic nitrogens is 4. The summed E-state index contributed by atoms with van der Waals surface area (Å²) in [5.74, 6) is 0.998. The van der Waals surface area contributed by atoms with Crippen molar-refractivity contribution < 1.29 is 4.79 Å². The summed E-state index contributed by atoms with van der Waals surface area (Å²) in [7, 11) is 0. The Balaban J connectivity index is 1.61. The van der Waals surface area contributed by atoms with Crippen molar-refractivity contribution in [1.29, 1.82) is 0 Å². The minimum Gasteiger partial charge on any atom is -0.353 e. The largest absolute Gasteiger partial charge is 0.353 e. The molecule has 0 atom stereocenters. The number of nitrogens with zero attached hydrogens (tertiary/aromatic N) is 6. The minimum absolute atomic E-state index is 0.122. The van der Waals surface area contributed by atoms with Crippen molar-refractivity contribution in [3.05, 3.63) is 35.8 Å². The zero-order chi connectivity index (χ0) is 16.2. The first kappa shape index (κ1) is 15.5. The van der Waals surface area contributed by atoms with E-state index in [1.54, 1.807) is 10.9 Å². The van der Waals surface area contributed by atoms with Crippen LogP contribution in [0.5, 0.6) is 0 Å². The van der Waals surface area contributed by atoms with E-state index in [1.807, 2.05) is 36.9 Å². The molecular formula is C16H22N6O. The van der Waals surface area contributed by atoms with E-state index in [0.29, 0.717) is 13.1 Å². The molecule has 0 spiro atoms. The second-order valence-electron chi connectivity index (χ2n) is 5.89. The fourth-order valence-electron chi connectivity index (χ4n) is 2.92. The molecule has 1 aliphatic rings. The zero-order valence-corrected chi connectivity index (χ0v) is 13.6. The van der Waals surface area contributed by atoms with Gasteiger partial charge in [-0.3, -0.25) is 9.48 Å². The number of aryl methyl sites for hydroxylation is 2. The summed E-state index contributed by atoms with van der Waals surface area (Å²) in [6, 6.07) is 5.84. The molecule has 3 heterocycles. The van der Waals surface area contributed by atoms with Gasteiger partial charge in [0, 0.05) is 38.1 Å². The normalized spacial score (nSPS) is 15.6. The molecule has 2 aromatic heterocycles. The maximum Gasteiger partial charge on any atom is 0.244 e. The molecular weight excluding hydrogens is 292 g/mol. The van der Waals surface area contributed by atoms with Gasteiger partial charge in [0.2, 0.25) is 5.91 Å². The van der Waals surface area contributed by atoms with Crippen LogP contribution < -0.4 is 4.90 Å². The maximum absolute atomic E-state index is 12.5. The van der Waals surface area contributed by atoms with Crippen molar-refractivity contribution in [2.45, 2.75) is 26.8 Å². The van der Waals surface area contributed by atoms with E-state index < -0.39 is 0 Å². The van der Waals surface area contributed by atoms with Gasteiger partial charge >= 0.3 is 0 Å². The van der Waals surface area contributed by atoms with Crippen molar-refractivity contribution in [3.8, 4) is 0 Å². The van der Waals surface area contributed by atoms with Crippen molar-refractivity contribution in [3.63, 3.8) is 0 Å². The molecule has 0 aromatic carbocycles. The van der Waals surface area contributed by atoms with Gasteiger partial charge < -0.3 is 9.80 Å². The molecule has 122 valence electrons. The van der Waals surface area contributed by atoms with Gasteiger partial charge in [-0.2, -0.15) is 10.2 Å². The minimum atomic E-state index is 0.122. The fraction of sp³-hybridized carbons (Fsp3) is 0.500. The monoisotopic (exact) mass is 314 g/mol. The summed E-state index contributed by atoms with van der Waals surface area (Å²) in [6.07, 6.45) is 2.60. The number of rotatable bonds is 3. The van der Waals surface area contributed by atoms with Gasteiger partial charge in [0.05, 0.1) is 5.69 Å². The van der Waals surface area contributed by atoms with Crippen LogP contribution in [0.15, 0.2) is 24.4 Å². The van der Waals surface area contributed by atoms with Gasteiger partial charge in [0.25, 0.3) is 0 Å². The molecule has 0 saturated carbocycles. The number of carbonyl (C=O) groups excluding carboxylic acids is 1. The smallest absolute Gasteiger partial charge is 0.244 e. The SMILES string of the molecule is Cc1cc(C)n(CC(=O)N2CCCN(c3cccnn3)CC2)n1. The Morgan fingerprint density at radius 1 is 1.22 bits per heavy atom. The Morgan fingerprint density at radius 2 is 2.09 bits per heavy atom. The van der Waals surface area contributed by atoms with Crippen LogP contribution in [-0.2, 0) is 11.3 Å². The molecule has 0 unspecified atom stereocenters. The summed E-state index contributed by atoms with van der Waals surface area (Å²) in [4.78, 5) is 16.7. The molecule has 3 rings (SSSR count). The van der Waals surface area contributed by atoms with Gasteiger partial charge in [-0.05, 0) is 38.5 Å². The van der Waals surface area contributed by atoms with Crippen molar-refractivity contribution >= 4 is 11.7 Å². The Morgan fingerprint density at radius 3 is 2.78 bits per heavy atom. The Kier molecular flexibility index (Phi) is 4.55. The van der Waals surface area contributed by atoms with E-state index in [2.05, 4.69) is 20.2 Å². The molecule has 0 bridgehead atoms. The summed E-state index contributed by atoms with van der Waals surface area (Å²) >= 11 is 0. The molecule has 1 saturated heterocycles. The van der Waals surface area contributed by atoms with Gasteiger partial charge in [-0.1, -0.05) is 0 Å². The second kappa shape index (κ2) is 6.76. The highest BCUT2D eigenvalue weighted by Gasteiger charge is 2.20. The van der Waals surface area contributed by atoms with E-state index >= 15 is 0 Å². The van der Waals surface area contributed by atoms with E-state index in [0.717, 1.165) is 43.3 Å². The maximum atomic E-state index is 12.5. The zero-order valence-electron chi connectivity index (χ0n) is 13.6. The van der Waals surface area contributed by atoms with Crippen molar-refractivity contribution in [2.75, 3.05) is 31.1 Å². The first-order valence-electron chi connectivity index (χ1n) is 7.95. The number of carbonyl (C=O) groups is 1. The number of hydrogen-bond donors (Lipinski definition) is 0. The quantitative estimate of drug-likeness (QED) is 0.846. The highest BCUT2D eigenvalue weighted by Crippen LogP contribution is 2.12. The predicted molar refractivity (Wildman–Crippen MR) is 87.1 cm³/mol. The molecule has 1 aliphatic heterocycles. The van der Waals surface area contributed by atoms with Gasteiger partial charge in [0.15, 0.2) is 5.82 Å². The molecule has 0 radical (unpaired) electrons. The first-order valence-corrected chi connectivity index (χ1v) is 7.95. The van der Waals surface area contributed by atoms with E-state index in [4.69, 9.17) is 0 Å². The van der Waals surface area contributed by atoms with E-state index in [9.17, 15) is 4.79 Å². The van der Waals surface area contributed by atoms with Crippen molar-refractivity contribution in [2.24, 2.45) is 0 Å². The third-order valence-electron chi connectivity index (χ3n) is 4.12. The van der Waals surface area contributed by atoms with Crippen LogP contribution in [0.25, 0.3) is 0 Å². The molecule has 1 fully saturated rings. The van der Waals surface area contributed by atoms with Crippen LogP contribution in [0.3, 0.4) is 0 Å². The van der Waals surface area contributed by atoms with Crippen LogP contribution in [0, 0.1) is 13.8 Å². The van der Waals surface area contributed by atoms with Crippen molar-refractivity contribution in [1.82, 2.24) is 24.9 Å². The topological polar surface area (TPSA) is 67.2 Å². The summed E-state index contributed by atoms with van der Waals surface area (Å²) < 4.78 is 1.78. The summed E-state index contributed by atoms with van der Waals surface area (Å²) in [5, 5.41) is 12.5. The summed E-state index contributed by atoms with van der Waals surface area (Å²) in [5.41, 5.74) is 1.96. The summed E-state index contributed by atoms with van der Waals surface area (Å²) in [6.45, 7) is 7.38. The second-order valence-corrected chi connectivity index (χ2v) is 5.89. The molecule has 7 heteroatoms. The molecule has 7 nitrogen and oxygen atoms in total. The molecule has 1 amide bonds. The lowest BCUT2D eigenvalue weighted by molar-refractivity contribution is -0.131. The Bertz CT molecular complexity index is 668. The van der Waals surface area contributed by atoms with Gasteiger partial charge in [-0.15, -0.1) is 5.10 Å². The van der Waals surface area contributed by atoms with E-state index in [1.165, 1.54) is 0 Å². The highest BCUT2D eigenvalue weighted by atomic mass is 16.2. The molecule has 0 aliphatic carbocycles. The average molecular weight is 314 g/mol. The number of hydrogen-bond acceptors (Lipinski definition) is 5. The predicted octanol–water partition coefficient (Wildman–Crippen LogP) is 1.03. The van der Waals surface area contributed by atoms with Crippen LogP contribution in [0.2, 0.25) is 0 Å². The number of amides is 1. The van der Waals surface area contributed by atoms with Crippen LogP contribution in [0.4, 0.5) is 5.82 Å². The van der Waals surface area contributed by atoms with Crippen LogP contribution in [0.1, 0.15) is 17.8 Å². The molecule has 2 aromatic rings. The lowest BCUT2D eigenvalue weighted by Crippen LogP contribution is -2.37. The molecule has 0 N–H and O–H groups in total. The number of anilines is 1.